The number of aromatic carboxylic acids is 1. The van der Waals surface area contributed by atoms with Crippen LogP contribution in [0.15, 0.2) is 18.2 Å². The van der Waals surface area contributed by atoms with Crippen LogP contribution < -0.4 is 20.5 Å². The van der Waals surface area contributed by atoms with Crippen LogP contribution in [0.1, 0.15) is 10.4 Å². The van der Waals surface area contributed by atoms with E-state index in [1.165, 1.54) is 25.3 Å². The van der Waals surface area contributed by atoms with Crippen molar-refractivity contribution in [1.82, 2.24) is 5.32 Å². The van der Waals surface area contributed by atoms with Gasteiger partial charge < -0.3 is 20.3 Å². The molecule has 1 rings (SSSR count). The number of benzene rings is 1. The molecule has 1 aromatic rings. The number of imide groups is 1. The maximum absolute atomic E-state index is 11.2. The van der Waals surface area contributed by atoms with Crippen LogP contribution in [0.3, 0.4) is 0 Å². The van der Waals surface area contributed by atoms with Gasteiger partial charge in [-0.1, -0.05) is 0 Å². The van der Waals surface area contributed by atoms with E-state index in [9.17, 15) is 14.4 Å². The summed E-state index contributed by atoms with van der Waals surface area (Å²) in [5.74, 6) is -1.57. The highest BCUT2D eigenvalue weighted by atomic mass is 16.5. The minimum absolute atomic E-state index is 0.0221. The smallest absolute Gasteiger partial charge is 0.335 e. The zero-order valence-corrected chi connectivity index (χ0v) is 10.0. The van der Waals surface area contributed by atoms with Crippen molar-refractivity contribution in [3.63, 3.8) is 0 Å². The van der Waals surface area contributed by atoms with Crippen molar-refractivity contribution in [2.75, 3.05) is 13.7 Å². The Hall–Kier alpha value is -2.77. The first-order chi connectivity index (χ1) is 8.93. The Bertz CT molecular complexity index is 514. The summed E-state index contributed by atoms with van der Waals surface area (Å²) in [6.07, 6.45) is 0. The van der Waals surface area contributed by atoms with Crippen LogP contribution in [0.4, 0.5) is 4.79 Å². The molecule has 0 aliphatic carbocycles. The molecule has 8 nitrogen and oxygen atoms in total. The summed E-state index contributed by atoms with van der Waals surface area (Å²) in [6.45, 7) is -0.498. The molecule has 0 unspecified atom stereocenters. The van der Waals surface area contributed by atoms with Gasteiger partial charge in [0.15, 0.2) is 18.1 Å². The summed E-state index contributed by atoms with van der Waals surface area (Å²) in [7, 11) is 1.37. The number of carbonyl (C=O) groups excluding carboxylic acids is 2. The van der Waals surface area contributed by atoms with Gasteiger partial charge in [-0.25, -0.2) is 9.59 Å². The quantitative estimate of drug-likeness (QED) is 0.687. The molecule has 102 valence electrons. The molecule has 0 heterocycles. The van der Waals surface area contributed by atoms with Crippen molar-refractivity contribution < 1.29 is 29.0 Å². The number of methoxy groups -OCH3 is 1. The van der Waals surface area contributed by atoms with E-state index in [0.717, 1.165) is 0 Å². The summed E-state index contributed by atoms with van der Waals surface area (Å²) in [5.41, 5.74) is 4.73. The molecule has 0 saturated carbocycles. The predicted octanol–water partition coefficient (Wildman–Crippen LogP) is -0.0329. The molecule has 0 aliphatic rings. The largest absolute Gasteiger partial charge is 0.493 e. The zero-order valence-electron chi connectivity index (χ0n) is 10.0. The SMILES string of the molecule is COc1ccc(C(=O)O)cc1OCC(=O)NC(N)=O. The van der Waals surface area contributed by atoms with Crippen molar-refractivity contribution in [3.05, 3.63) is 23.8 Å². The fourth-order valence-electron chi connectivity index (χ4n) is 1.24. The van der Waals surface area contributed by atoms with Gasteiger partial charge in [0.25, 0.3) is 5.91 Å². The number of primary amides is 1. The first-order valence-corrected chi connectivity index (χ1v) is 5.07. The first-order valence-electron chi connectivity index (χ1n) is 5.07. The van der Waals surface area contributed by atoms with Gasteiger partial charge in [0.2, 0.25) is 0 Å². The molecule has 0 radical (unpaired) electrons. The maximum atomic E-state index is 11.2. The second-order valence-corrected chi connectivity index (χ2v) is 3.37. The summed E-state index contributed by atoms with van der Waals surface area (Å²) < 4.78 is 10.0. The van der Waals surface area contributed by atoms with Crippen LogP contribution in [0.2, 0.25) is 0 Å². The van der Waals surface area contributed by atoms with Crippen LogP contribution in [0, 0.1) is 0 Å². The molecular formula is C11H12N2O6. The molecule has 0 aromatic heterocycles. The Morgan fingerprint density at radius 2 is 2.00 bits per heavy atom. The first kappa shape index (κ1) is 14.3. The molecule has 19 heavy (non-hydrogen) atoms. The third-order valence-corrected chi connectivity index (χ3v) is 2.03. The lowest BCUT2D eigenvalue weighted by Gasteiger charge is -2.10. The molecule has 1 aromatic carbocycles. The van der Waals surface area contributed by atoms with Gasteiger partial charge >= 0.3 is 12.0 Å². The molecule has 0 atom stereocenters. The van der Waals surface area contributed by atoms with Gasteiger partial charge in [0.1, 0.15) is 0 Å². The number of carboxylic acid groups (broad SMARTS) is 1. The second kappa shape index (κ2) is 6.24. The molecule has 0 spiro atoms. The Kier molecular flexibility index (Phi) is 4.69. The normalized spacial score (nSPS) is 9.53. The van der Waals surface area contributed by atoms with Crippen molar-refractivity contribution >= 4 is 17.9 Å². The number of carbonyl (C=O) groups is 3. The van der Waals surface area contributed by atoms with Gasteiger partial charge in [0.05, 0.1) is 12.7 Å². The van der Waals surface area contributed by atoms with E-state index >= 15 is 0 Å². The van der Waals surface area contributed by atoms with E-state index < -0.39 is 24.5 Å². The van der Waals surface area contributed by atoms with Gasteiger partial charge in [-0.3, -0.25) is 10.1 Å². The molecular weight excluding hydrogens is 256 g/mol. The van der Waals surface area contributed by atoms with E-state index in [1.807, 2.05) is 0 Å². The second-order valence-electron chi connectivity index (χ2n) is 3.37. The Balaban J connectivity index is 2.80. The van der Waals surface area contributed by atoms with Gasteiger partial charge in [0, 0.05) is 0 Å². The third kappa shape index (κ3) is 4.19. The maximum Gasteiger partial charge on any atom is 0.335 e. The molecule has 0 aliphatic heterocycles. The Labute approximate surface area is 108 Å². The molecule has 0 saturated heterocycles. The minimum Gasteiger partial charge on any atom is -0.493 e. The van der Waals surface area contributed by atoms with Crippen LogP contribution >= 0.6 is 0 Å². The summed E-state index contributed by atoms with van der Waals surface area (Å²) in [4.78, 5) is 32.4. The van der Waals surface area contributed by atoms with E-state index in [0.29, 0.717) is 0 Å². The van der Waals surface area contributed by atoms with Gasteiger partial charge in [-0.15, -0.1) is 0 Å². The summed E-state index contributed by atoms with van der Waals surface area (Å²) >= 11 is 0. The van der Waals surface area contributed by atoms with E-state index in [1.54, 1.807) is 5.32 Å². The highest BCUT2D eigenvalue weighted by molar-refractivity contribution is 5.94. The van der Waals surface area contributed by atoms with Crippen molar-refractivity contribution in [2.45, 2.75) is 0 Å². The van der Waals surface area contributed by atoms with Crippen LogP contribution in [0.25, 0.3) is 0 Å². The number of hydrogen-bond acceptors (Lipinski definition) is 5. The van der Waals surface area contributed by atoms with Crippen LogP contribution in [-0.2, 0) is 4.79 Å². The predicted molar refractivity (Wildman–Crippen MR) is 63.2 cm³/mol. The Morgan fingerprint density at radius 1 is 1.32 bits per heavy atom. The van der Waals surface area contributed by atoms with E-state index in [2.05, 4.69) is 0 Å². The molecule has 3 amide bonds. The number of amides is 3. The van der Waals surface area contributed by atoms with Gasteiger partial charge in [-0.05, 0) is 18.2 Å². The van der Waals surface area contributed by atoms with Crippen LogP contribution in [-0.4, -0.2) is 36.7 Å². The number of carboxylic acids is 1. The molecule has 8 heteroatoms. The fourth-order valence-corrected chi connectivity index (χ4v) is 1.24. The van der Waals surface area contributed by atoms with Gasteiger partial charge in [-0.2, -0.15) is 0 Å². The molecule has 0 bridgehead atoms. The highest BCUT2D eigenvalue weighted by Gasteiger charge is 2.12. The lowest BCUT2D eigenvalue weighted by Crippen LogP contribution is -2.38. The lowest BCUT2D eigenvalue weighted by atomic mass is 10.2. The topological polar surface area (TPSA) is 128 Å². The number of urea groups is 1. The number of nitrogens with one attached hydrogen (secondary N) is 1. The number of ether oxygens (including phenoxy) is 2. The average Bonchev–Trinajstić information content (AvgIpc) is 2.35. The number of nitrogens with two attached hydrogens (primary N) is 1. The lowest BCUT2D eigenvalue weighted by molar-refractivity contribution is -0.121. The monoisotopic (exact) mass is 268 g/mol. The van der Waals surface area contributed by atoms with Crippen molar-refractivity contribution in [2.24, 2.45) is 5.73 Å². The van der Waals surface area contributed by atoms with Crippen molar-refractivity contribution in [3.8, 4) is 11.5 Å². The Morgan fingerprint density at radius 3 is 2.53 bits per heavy atom. The minimum atomic E-state index is -1.14. The van der Waals surface area contributed by atoms with E-state index in [4.69, 9.17) is 20.3 Å². The van der Waals surface area contributed by atoms with Crippen LogP contribution in [0.5, 0.6) is 11.5 Å². The third-order valence-electron chi connectivity index (χ3n) is 2.03. The molecule has 4 N–H and O–H groups in total. The zero-order chi connectivity index (χ0) is 14.4. The highest BCUT2D eigenvalue weighted by Crippen LogP contribution is 2.27. The summed E-state index contributed by atoms with van der Waals surface area (Å²) in [6, 6.07) is 2.93. The summed E-state index contributed by atoms with van der Waals surface area (Å²) in [5, 5.41) is 10.6. The standard InChI is InChI=1S/C11H12N2O6/c1-18-7-3-2-6(10(15)16)4-8(7)19-5-9(14)13-11(12)17/h2-4H,5H2,1H3,(H,15,16)(H3,12,13,14,17). The molecule has 0 fully saturated rings. The van der Waals surface area contributed by atoms with E-state index in [-0.39, 0.29) is 17.1 Å². The fraction of sp³-hybridized carbons (Fsp3) is 0.182. The number of hydrogen-bond donors (Lipinski definition) is 3. The van der Waals surface area contributed by atoms with Crippen molar-refractivity contribution in [1.29, 1.82) is 0 Å². The average molecular weight is 268 g/mol. The number of rotatable bonds is 5.